The Bertz CT molecular complexity index is 647. The third-order valence-corrected chi connectivity index (χ3v) is 5.48. The van der Waals surface area contributed by atoms with E-state index < -0.39 is 0 Å². The van der Waals surface area contributed by atoms with E-state index in [4.69, 9.17) is 5.73 Å². The first kappa shape index (κ1) is 14.3. The van der Waals surface area contributed by atoms with Crippen LogP contribution in [0.1, 0.15) is 39.5 Å². The zero-order chi connectivity index (χ0) is 14.8. The number of carbonyl (C=O) groups is 1. The Morgan fingerprint density at radius 3 is 2.95 bits per heavy atom. The average molecular weight is 323 g/mol. The Kier molecular flexibility index (Phi) is 4.07. The maximum atomic E-state index is 12.2. The number of nitrogen functional groups attached to an aromatic ring is 1. The molecule has 112 valence electrons. The highest BCUT2D eigenvalue weighted by atomic mass is 32.1. The molecule has 0 saturated heterocycles. The van der Waals surface area contributed by atoms with Gasteiger partial charge in [0.2, 0.25) is 0 Å². The zero-order valence-corrected chi connectivity index (χ0v) is 13.3. The number of anilines is 2. The van der Waals surface area contributed by atoms with Crippen molar-refractivity contribution in [3.63, 3.8) is 0 Å². The molecule has 0 radical (unpaired) electrons. The average Bonchev–Trinajstić information content (AvgIpc) is 2.97. The standard InChI is InChI=1S/C13H17N5OS2/c1-7-9(20-6-16-7)5-15-12(19)10-11(14)18-13(21-10)17-8-3-2-4-8/h6,8H,2-5,14H2,1H3,(H,15,19)(H,17,18). The van der Waals surface area contributed by atoms with Gasteiger partial charge in [0.1, 0.15) is 10.7 Å². The fourth-order valence-corrected chi connectivity index (χ4v) is 3.62. The van der Waals surface area contributed by atoms with Gasteiger partial charge in [-0.05, 0) is 26.2 Å². The van der Waals surface area contributed by atoms with E-state index in [-0.39, 0.29) is 5.91 Å². The zero-order valence-electron chi connectivity index (χ0n) is 11.7. The molecule has 1 saturated carbocycles. The number of hydrogen-bond donors (Lipinski definition) is 3. The van der Waals surface area contributed by atoms with Crippen LogP contribution >= 0.6 is 22.7 Å². The van der Waals surface area contributed by atoms with E-state index in [1.54, 1.807) is 5.51 Å². The summed E-state index contributed by atoms with van der Waals surface area (Å²) in [5.74, 6) is 0.111. The van der Waals surface area contributed by atoms with Gasteiger partial charge in [0.25, 0.3) is 5.91 Å². The molecule has 0 aliphatic heterocycles. The predicted molar refractivity (Wildman–Crippen MR) is 85.8 cm³/mol. The minimum atomic E-state index is -0.181. The molecular formula is C13H17N5OS2. The summed E-state index contributed by atoms with van der Waals surface area (Å²) >= 11 is 2.85. The Balaban J connectivity index is 1.62. The highest BCUT2D eigenvalue weighted by molar-refractivity contribution is 7.18. The monoisotopic (exact) mass is 323 g/mol. The largest absolute Gasteiger partial charge is 0.382 e. The van der Waals surface area contributed by atoms with Crippen LogP contribution in [0.2, 0.25) is 0 Å². The molecule has 3 rings (SSSR count). The lowest BCUT2D eigenvalue weighted by molar-refractivity contribution is 0.0956. The second-order valence-electron chi connectivity index (χ2n) is 5.05. The molecule has 2 heterocycles. The molecule has 1 aliphatic rings. The number of amides is 1. The molecule has 0 atom stereocenters. The van der Waals surface area contributed by atoms with Crippen molar-refractivity contribution >= 4 is 39.5 Å². The summed E-state index contributed by atoms with van der Waals surface area (Å²) in [6, 6.07) is 0.478. The van der Waals surface area contributed by atoms with E-state index in [1.807, 2.05) is 6.92 Å². The smallest absolute Gasteiger partial charge is 0.265 e. The number of nitrogens with one attached hydrogen (secondary N) is 2. The first-order valence-electron chi connectivity index (χ1n) is 6.83. The summed E-state index contributed by atoms with van der Waals surface area (Å²) in [5, 5.41) is 6.92. The van der Waals surface area contributed by atoms with Crippen LogP contribution in [0.25, 0.3) is 0 Å². The van der Waals surface area contributed by atoms with Gasteiger partial charge in [0, 0.05) is 10.9 Å². The van der Waals surface area contributed by atoms with E-state index in [2.05, 4.69) is 20.6 Å². The van der Waals surface area contributed by atoms with Crippen molar-refractivity contribution in [3.8, 4) is 0 Å². The van der Waals surface area contributed by atoms with E-state index in [1.165, 1.54) is 29.1 Å². The van der Waals surface area contributed by atoms with Gasteiger partial charge in [-0.1, -0.05) is 11.3 Å². The summed E-state index contributed by atoms with van der Waals surface area (Å²) in [7, 11) is 0. The number of carbonyl (C=O) groups excluding carboxylic acids is 1. The first-order chi connectivity index (χ1) is 10.1. The van der Waals surface area contributed by atoms with Crippen molar-refractivity contribution in [2.75, 3.05) is 11.1 Å². The molecule has 1 aliphatic carbocycles. The fourth-order valence-electron chi connectivity index (χ4n) is 2.02. The topological polar surface area (TPSA) is 92.9 Å². The van der Waals surface area contributed by atoms with Crippen LogP contribution in [0.5, 0.6) is 0 Å². The predicted octanol–water partition coefficient (Wildman–Crippen LogP) is 2.38. The number of thiazole rings is 2. The molecule has 2 aromatic heterocycles. The number of nitrogens with two attached hydrogens (primary N) is 1. The Labute approximate surface area is 130 Å². The number of aromatic nitrogens is 2. The minimum absolute atomic E-state index is 0.181. The number of hydrogen-bond acceptors (Lipinski definition) is 7. The third kappa shape index (κ3) is 3.16. The van der Waals surface area contributed by atoms with Crippen LogP contribution in [0.3, 0.4) is 0 Å². The summed E-state index contributed by atoms with van der Waals surface area (Å²) in [6.07, 6.45) is 3.57. The molecule has 4 N–H and O–H groups in total. The minimum Gasteiger partial charge on any atom is -0.382 e. The lowest BCUT2D eigenvalue weighted by atomic mass is 9.93. The van der Waals surface area contributed by atoms with Crippen molar-refractivity contribution < 1.29 is 4.79 Å². The number of aryl methyl sites for hydroxylation is 1. The van der Waals surface area contributed by atoms with Crippen molar-refractivity contribution in [2.45, 2.75) is 38.8 Å². The molecule has 0 bridgehead atoms. The summed E-state index contributed by atoms with van der Waals surface area (Å²) in [5.41, 5.74) is 8.57. The highest BCUT2D eigenvalue weighted by Gasteiger charge is 2.21. The van der Waals surface area contributed by atoms with E-state index in [0.29, 0.717) is 23.3 Å². The molecule has 0 aromatic carbocycles. The Morgan fingerprint density at radius 1 is 1.52 bits per heavy atom. The van der Waals surface area contributed by atoms with Crippen LogP contribution in [0.15, 0.2) is 5.51 Å². The second-order valence-corrected chi connectivity index (χ2v) is 6.99. The van der Waals surface area contributed by atoms with Crippen LogP contribution in [0, 0.1) is 6.92 Å². The van der Waals surface area contributed by atoms with Crippen molar-refractivity contribution in [1.82, 2.24) is 15.3 Å². The Hall–Kier alpha value is -1.67. The van der Waals surface area contributed by atoms with Gasteiger partial charge in [0.15, 0.2) is 5.13 Å². The fraction of sp³-hybridized carbons (Fsp3) is 0.462. The van der Waals surface area contributed by atoms with Gasteiger partial charge in [-0.2, -0.15) is 0 Å². The van der Waals surface area contributed by atoms with E-state index in [0.717, 1.165) is 28.5 Å². The molecule has 0 spiro atoms. The quantitative estimate of drug-likeness (QED) is 0.785. The summed E-state index contributed by atoms with van der Waals surface area (Å²) in [6.45, 7) is 2.40. The lowest BCUT2D eigenvalue weighted by Crippen LogP contribution is -2.26. The van der Waals surface area contributed by atoms with Gasteiger partial charge >= 0.3 is 0 Å². The summed E-state index contributed by atoms with van der Waals surface area (Å²) in [4.78, 5) is 22.1. The third-order valence-electron chi connectivity index (χ3n) is 3.55. The maximum Gasteiger partial charge on any atom is 0.265 e. The SMILES string of the molecule is Cc1ncsc1CNC(=O)c1sc(NC2CCC2)nc1N. The molecule has 8 heteroatoms. The van der Waals surface area contributed by atoms with Crippen LogP contribution in [-0.2, 0) is 6.54 Å². The molecule has 21 heavy (non-hydrogen) atoms. The maximum absolute atomic E-state index is 12.2. The van der Waals surface area contributed by atoms with Crippen molar-refractivity contribution in [3.05, 3.63) is 21.0 Å². The molecule has 2 aromatic rings. The van der Waals surface area contributed by atoms with Crippen molar-refractivity contribution in [2.24, 2.45) is 0 Å². The van der Waals surface area contributed by atoms with Gasteiger partial charge in [-0.15, -0.1) is 11.3 Å². The van der Waals surface area contributed by atoms with Crippen LogP contribution in [-0.4, -0.2) is 21.9 Å². The first-order valence-corrected chi connectivity index (χ1v) is 8.53. The van der Waals surface area contributed by atoms with Crippen molar-refractivity contribution in [1.29, 1.82) is 0 Å². The van der Waals surface area contributed by atoms with Crippen LogP contribution < -0.4 is 16.4 Å². The van der Waals surface area contributed by atoms with E-state index in [9.17, 15) is 4.79 Å². The highest BCUT2D eigenvalue weighted by Crippen LogP contribution is 2.29. The second kappa shape index (κ2) is 5.98. The van der Waals surface area contributed by atoms with Gasteiger partial charge in [-0.3, -0.25) is 4.79 Å². The van der Waals surface area contributed by atoms with Gasteiger partial charge in [-0.25, -0.2) is 9.97 Å². The molecule has 0 unspecified atom stereocenters. The van der Waals surface area contributed by atoms with E-state index >= 15 is 0 Å². The molecule has 1 amide bonds. The number of rotatable bonds is 5. The molecule has 6 nitrogen and oxygen atoms in total. The Morgan fingerprint density at radius 2 is 2.33 bits per heavy atom. The normalized spacial score (nSPS) is 14.7. The molecular weight excluding hydrogens is 306 g/mol. The number of nitrogens with zero attached hydrogens (tertiary/aromatic N) is 2. The summed E-state index contributed by atoms with van der Waals surface area (Å²) < 4.78 is 0. The molecule has 1 fully saturated rings. The lowest BCUT2D eigenvalue weighted by Gasteiger charge is -2.25. The van der Waals surface area contributed by atoms with Gasteiger partial charge in [0.05, 0.1) is 17.7 Å². The van der Waals surface area contributed by atoms with Crippen LogP contribution in [0.4, 0.5) is 10.9 Å². The van der Waals surface area contributed by atoms with Gasteiger partial charge < -0.3 is 16.4 Å².